The first kappa shape index (κ1) is 24.4. The van der Waals surface area contributed by atoms with Crippen LogP contribution in [0.5, 0.6) is 0 Å². The zero-order valence-electron chi connectivity index (χ0n) is 18.2. The van der Waals surface area contributed by atoms with Crippen molar-refractivity contribution in [3.63, 3.8) is 0 Å². The summed E-state index contributed by atoms with van der Waals surface area (Å²) in [5.41, 5.74) is 1.17. The molecule has 0 aromatic heterocycles. The second kappa shape index (κ2) is 12.7. The van der Waals surface area contributed by atoms with Gasteiger partial charge in [-0.2, -0.15) is 0 Å². The van der Waals surface area contributed by atoms with Gasteiger partial charge in [-0.1, -0.05) is 57.6 Å². The third-order valence-electron chi connectivity index (χ3n) is 5.28. The van der Waals surface area contributed by atoms with Gasteiger partial charge in [0.05, 0.1) is 12.0 Å². The highest BCUT2D eigenvalue weighted by molar-refractivity contribution is 5.81. The first-order valence-corrected chi connectivity index (χ1v) is 10.7. The van der Waals surface area contributed by atoms with Gasteiger partial charge in [-0.05, 0) is 51.0 Å². The summed E-state index contributed by atoms with van der Waals surface area (Å²) in [5.74, 6) is -0.323. The molecule has 1 rings (SSSR count). The second-order valence-corrected chi connectivity index (χ2v) is 8.22. The largest absolute Gasteiger partial charge is 0.455 e. The molecule has 0 aliphatic carbocycles. The molecule has 0 unspecified atom stereocenters. The van der Waals surface area contributed by atoms with Crippen molar-refractivity contribution in [3.8, 4) is 0 Å². The summed E-state index contributed by atoms with van der Waals surface area (Å²) in [4.78, 5) is 24.5. The number of aliphatic hydroxyl groups excluding tert-OH is 1. The average Bonchev–Trinajstić information content (AvgIpc) is 2.64. The minimum atomic E-state index is -0.761. The van der Waals surface area contributed by atoms with Crippen LogP contribution in [-0.2, 0) is 14.3 Å². The van der Waals surface area contributed by atoms with Gasteiger partial charge in [0.25, 0.3) is 0 Å². The van der Waals surface area contributed by atoms with Gasteiger partial charge in [0.1, 0.15) is 11.9 Å². The number of hydrogen-bond donors (Lipinski definition) is 1. The van der Waals surface area contributed by atoms with Gasteiger partial charge in [0.2, 0.25) is 0 Å². The highest BCUT2D eigenvalue weighted by atomic mass is 16.6. The Morgan fingerprint density at radius 2 is 2.00 bits per heavy atom. The summed E-state index contributed by atoms with van der Waals surface area (Å²) in [6, 6.07) is 0. The molecule has 28 heavy (non-hydrogen) atoms. The third-order valence-corrected chi connectivity index (χ3v) is 5.28. The molecule has 0 bridgehead atoms. The van der Waals surface area contributed by atoms with Gasteiger partial charge in [-0.25, -0.2) is 0 Å². The smallest absolute Gasteiger partial charge is 0.309 e. The summed E-state index contributed by atoms with van der Waals surface area (Å²) in [6.07, 6.45) is 12.6. The van der Waals surface area contributed by atoms with E-state index in [2.05, 4.69) is 39.0 Å². The highest BCUT2D eigenvalue weighted by Crippen LogP contribution is 2.21. The average molecular weight is 391 g/mol. The van der Waals surface area contributed by atoms with E-state index in [1.54, 1.807) is 13.0 Å². The summed E-state index contributed by atoms with van der Waals surface area (Å²) in [6.45, 7) is 9.94. The Balaban J connectivity index is 2.83. The zero-order chi connectivity index (χ0) is 21.1. The predicted molar refractivity (Wildman–Crippen MR) is 114 cm³/mol. The zero-order valence-corrected chi connectivity index (χ0v) is 18.2. The van der Waals surface area contributed by atoms with Gasteiger partial charge in [-0.15, -0.1) is 0 Å². The summed E-state index contributed by atoms with van der Waals surface area (Å²) in [7, 11) is 0. The van der Waals surface area contributed by atoms with Crippen molar-refractivity contribution in [2.45, 2.75) is 85.4 Å². The fourth-order valence-corrected chi connectivity index (χ4v) is 3.35. The van der Waals surface area contributed by atoms with Crippen molar-refractivity contribution in [1.82, 2.24) is 0 Å². The lowest BCUT2D eigenvalue weighted by atomic mass is 9.93. The quantitative estimate of drug-likeness (QED) is 0.386. The summed E-state index contributed by atoms with van der Waals surface area (Å²) in [5, 5.41) is 10.7. The van der Waals surface area contributed by atoms with Gasteiger partial charge >= 0.3 is 5.97 Å². The number of carbonyl (C=O) groups is 2. The van der Waals surface area contributed by atoms with Crippen LogP contribution in [0.4, 0.5) is 0 Å². The number of carbonyl (C=O) groups excluding carboxylic acids is 2. The standard InChI is InChI=1S/C24H38O4/c1-6-7-10-17(2)15-18(3)16-22(26)23-12-9-8-11-19(4)21(25)14-13-20(5)24(27)28-23/h7,9-10,12,15,18-20,22-23,26H,6,8,11,13-14,16H2,1-5H3/b10-7+,12-9+,17-15+/t18-,19+,20-,22+,23-/m0/s1. The summed E-state index contributed by atoms with van der Waals surface area (Å²) >= 11 is 0. The van der Waals surface area contributed by atoms with E-state index in [0.29, 0.717) is 19.3 Å². The fourth-order valence-electron chi connectivity index (χ4n) is 3.35. The Labute approximate surface area is 170 Å². The van der Waals surface area contributed by atoms with Gasteiger partial charge < -0.3 is 9.84 Å². The minimum absolute atomic E-state index is 0.0000180. The number of allylic oxidation sites excluding steroid dienone is 5. The normalized spacial score (nSPS) is 28.9. The van der Waals surface area contributed by atoms with Crippen LogP contribution in [0.3, 0.4) is 0 Å². The van der Waals surface area contributed by atoms with Crippen LogP contribution in [-0.4, -0.2) is 29.1 Å². The van der Waals surface area contributed by atoms with E-state index in [-0.39, 0.29) is 29.5 Å². The van der Waals surface area contributed by atoms with E-state index in [1.165, 1.54) is 5.57 Å². The topological polar surface area (TPSA) is 63.6 Å². The Kier molecular flexibility index (Phi) is 11.1. The number of hydrogen-bond acceptors (Lipinski definition) is 4. The van der Waals surface area contributed by atoms with Gasteiger partial charge in [0, 0.05) is 12.3 Å². The lowest BCUT2D eigenvalue weighted by Crippen LogP contribution is -2.33. The number of esters is 1. The van der Waals surface area contributed by atoms with E-state index in [0.717, 1.165) is 19.3 Å². The number of Topliss-reactive ketones (excluding diaryl/α,β-unsaturated/α-hetero) is 1. The van der Waals surface area contributed by atoms with Crippen molar-refractivity contribution in [1.29, 1.82) is 0 Å². The van der Waals surface area contributed by atoms with Crippen LogP contribution in [0, 0.1) is 17.8 Å². The van der Waals surface area contributed by atoms with E-state index >= 15 is 0 Å². The monoisotopic (exact) mass is 390 g/mol. The van der Waals surface area contributed by atoms with Crippen LogP contribution >= 0.6 is 0 Å². The Hall–Kier alpha value is -1.68. The predicted octanol–water partition coefficient (Wildman–Crippen LogP) is 5.17. The number of ketones is 1. The van der Waals surface area contributed by atoms with Crippen molar-refractivity contribution in [3.05, 3.63) is 36.0 Å². The molecular formula is C24H38O4. The molecule has 0 spiro atoms. The molecule has 0 radical (unpaired) electrons. The summed E-state index contributed by atoms with van der Waals surface area (Å²) < 4.78 is 5.61. The molecule has 1 N–H and O–H groups in total. The van der Waals surface area contributed by atoms with Crippen LogP contribution in [0.2, 0.25) is 0 Å². The SMILES string of the molecule is CC/C=C/C(C)=C/[C@H](C)C[C@@H](O)[C@@H]1/C=C/CC[C@@H](C)C(=O)CC[C@H](C)C(=O)O1. The molecule has 0 saturated carbocycles. The van der Waals surface area contributed by atoms with E-state index in [4.69, 9.17) is 4.74 Å². The van der Waals surface area contributed by atoms with E-state index < -0.39 is 12.2 Å². The van der Waals surface area contributed by atoms with Crippen LogP contribution in [0.25, 0.3) is 0 Å². The lowest BCUT2D eigenvalue weighted by molar-refractivity contribution is -0.156. The molecule has 4 heteroatoms. The van der Waals surface area contributed by atoms with Crippen LogP contribution in [0.1, 0.15) is 73.1 Å². The maximum absolute atomic E-state index is 12.4. The molecule has 1 aliphatic heterocycles. The molecule has 0 aromatic rings. The number of ether oxygens (including phenoxy) is 1. The molecule has 0 fully saturated rings. The van der Waals surface area contributed by atoms with Crippen molar-refractivity contribution >= 4 is 11.8 Å². The Morgan fingerprint density at radius 3 is 2.68 bits per heavy atom. The number of rotatable bonds is 6. The first-order chi connectivity index (χ1) is 13.2. The molecule has 0 aromatic carbocycles. The maximum Gasteiger partial charge on any atom is 0.309 e. The molecule has 1 aliphatic rings. The molecule has 0 amide bonds. The molecule has 4 nitrogen and oxygen atoms in total. The van der Waals surface area contributed by atoms with Crippen molar-refractivity contribution < 1.29 is 19.4 Å². The number of cyclic esters (lactones) is 1. The second-order valence-electron chi connectivity index (χ2n) is 8.22. The third kappa shape index (κ3) is 9.01. The Morgan fingerprint density at radius 1 is 1.29 bits per heavy atom. The molecule has 0 saturated heterocycles. The molecule has 158 valence electrons. The van der Waals surface area contributed by atoms with Crippen molar-refractivity contribution in [2.24, 2.45) is 17.8 Å². The number of aliphatic hydroxyl groups is 1. The molecule has 5 atom stereocenters. The fraction of sp³-hybridized carbons (Fsp3) is 0.667. The first-order valence-electron chi connectivity index (χ1n) is 10.7. The molecular weight excluding hydrogens is 352 g/mol. The van der Waals surface area contributed by atoms with Crippen LogP contribution < -0.4 is 0 Å². The molecule has 1 heterocycles. The van der Waals surface area contributed by atoms with E-state index in [9.17, 15) is 14.7 Å². The highest BCUT2D eigenvalue weighted by Gasteiger charge is 2.26. The van der Waals surface area contributed by atoms with Gasteiger partial charge in [0.15, 0.2) is 0 Å². The Bertz CT molecular complexity index is 587. The lowest BCUT2D eigenvalue weighted by Gasteiger charge is -2.24. The van der Waals surface area contributed by atoms with Crippen molar-refractivity contribution in [2.75, 3.05) is 0 Å². The maximum atomic E-state index is 12.4. The van der Waals surface area contributed by atoms with Crippen LogP contribution in [0.15, 0.2) is 36.0 Å². The minimum Gasteiger partial charge on any atom is -0.455 e. The van der Waals surface area contributed by atoms with E-state index in [1.807, 2.05) is 13.0 Å². The van der Waals surface area contributed by atoms with Gasteiger partial charge in [-0.3, -0.25) is 9.59 Å².